The van der Waals surface area contributed by atoms with Crippen molar-refractivity contribution in [1.82, 2.24) is 0 Å². The van der Waals surface area contributed by atoms with Crippen LogP contribution in [0.3, 0.4) is 0 Å². The molecule has 0 aliphatic carbocycles. The molecule has 144 valence electrons. The van der Waals surface area contributed by atoms with E-state index in [-0.39, 0.29) is 19.4 Å². The molecule has 1 unspecified atom stereocenters. The van der Waals surface area contributed by atoms with Crippen LogP contribution in [0.4, 0.5) is 5.69 Å². The second-order valence-electron chi connectivity index (χ2n) is 5.85. The van der Waals surface area contributed by atoms with Crippen LogP contribution < -0.4 is 5.32 Å². The predicted octanol–water partition coefficient (Wildman–Crippen LogP) is 0.0258. The predicted molar refractivity (Wildman–Crippen MR) is 90.0 cm³/mol. The van der Waals surface area contributed by atoms with Crippen LogP contribution in [0.1, 0.15) is 32.3 Å². The average Bonchev–Trinajstić information content (AvgIpc) is 2.57. The second-order valence-corrected chi connectivity index (χ2v) is 5.85. The number of aliphatic hydroxyl groups is 3. The van der Waals surface area contributed by atoms with Crippen molar-refractivity contribution in [3.8, 4) is 0 Å². The van der Waals surface area contributed by atoms with E-state index in [1.54, 1.807) is 18.2 Å². The van der Waals surface area contributed by atoms with Gasteiger partial charge >= 0.3 is 11.9 Å². The standard InChI is InChI=1S/C17H23NO8/c1-10(19)17(25,11(2)20)16(24)26-9-12-5-3-4-6-13(12)18-14(21)7-8-15(22)23/h3-6,10-11,19-20,25H,7-9H2,1-2H3,(H,18,21)(H,22,23)/t10-,11+,17?. The Morgan fingerprint density at radius 2 is 1.69 bits per heavy atom. The van der Waals surface area contributed by atoms with E-state index in [1.807, 2.05) is 0 Å². The van der Waals surface area contributed by atoms with Gasteiger partial charge in [0.25, 0.3) is 0 Å². The zero-order chi connectivity index (χ0) is 19.9. The smallest absolute Gasteiger partial charge is 0.343 e. The van der Waals surface area contributed by atoms with Gasteiger partial charge in [-0.15, -0.1) is 0 Å². The van der Waals surface area contributed by atoms with Gasteiger partial charge in [0.1, 0.15) is 6.61 Å². The minimum absolute atomic E-state index is 0.215. The monoisotopic (exact) mass is 369 g/mol. The van der Waals surface area contributed by atoms with Crippen molar-refractivity contribution in [3.05, 3.63) is 29.8 Å². The highest BCUT2D eigenvalue weighted by atomic mass is 16.6. The summed E-state index contributed by atoms with van der Waals surface area (Å²) in [6, 6.07) is 6.35. The van der Waals surface area contributed by atoms with Crippen LogP contribution in [0.25, 0.3) is 0 Å². The van der Waals surface area contributed by atoms with Crippen LogP contribution in [-0.2, 0) is 25.7 Å². The quantitative estimate of drug-likeness (QED) is 0.382. The van der Waals surface area contributed by atoms with E-state index < -0.39 is 35.7 Å². The molecule has 0 aromatic heterocycles. The number of para-hydroxylation sites is 1. The maximum Gasteiger partial charge on any atom is 0.343 e. The van der Waals surface area contributed by atoms with Crippen molar-refractivity contribution in [2.75, 3.05) is 5.32 Å². The van der Waals surface area contributed by atoms with Gasteiger partial charge < -0.3 is 30.5 Å². The Morgan fingerprint density at radius 3 is 2.23 bits per heavy atom. The number of hydrogen-bond acceptors (Lipinski definition) is 7. The first kappa shape index (κ1) is 21.6. The number of ether oxygens (including phenoxy) is 1. The van der Waals surface area contributed by atoms with Crippen LogP contribution in [0.2, 0.25) is 0 Å². The van der Waals surface area contributed by atoms with Crippen molar-refractivity contribution < 1.29 is 39.5 Å². The Hall–Kier alpha value is -2.49. The van der Waals surface area contributed by atoms with Crippen molar-refractivity contribution in [2.45, 2.75) is 51.1 Å². The van der Waals surface area contributed by atoms with Crippen LogP contribution in [0.15, 0.2) is 24.3 Å². The molecule has 26 heavy (non-hydrogen) atoms. The molecule has 0 spiro atoms. The number of aliphatic hydroxyl groups excluding tert-OH is 2. The Labute approximate surface area is 150 Å². The van der Waals surface area contributed by atoms with E-state index in [0.717, 1.165) is 13.8 Å². The van der Waals surface area contributed by atoms with Gasteiger partial charge in [0.2, 0.25) is 11.5 Å². The third kappa shape index (κ3) is 5.51. The Kier molecular flexibility index (Phi) is 7.69. The molecule has 0 fully saturated rings. The molecule has 1 amide bonds. The van der Waals surface area contributed by atoms with Gasteiger partial charge in [-0.25, -0.2) is 4.79 Å². The molecule has 0 heterocycles. The SMILES string of the molecule is C[C@H](O)C(O)(C(=O)OCc1ccccc1NC(=O)CCC(=O)O)[C@@H](C)O. The average molecular weight is 369 g/mol. The highest BCUT2D eigenvalue weighted by molar-refractivity contribution is 5.93. The number of amides is 1. The van der Waals surface area contributed by atoms with Crippen LogP contribution >= 0.6 is 0 Å². The van der Waals surface area contributed by atoms with Gasteiger partial charge in [-0.1, -0.05) is 18.2 Å². The van der Waals surface area contributed by atoms with Gasteiger partial charge in [0.05, 0.1) is 18.6 Å². The summed E-state index contributed by atoms with van der Waals surface area (Å²) in [7, 11) is 0. The van der Waals surface area contributed by atoms with Crippen molar-refractivity contribution >= 4 is 23.5 Å². The third-order valence-corrected chi connectivity index (χ3v) is 3.82. The number of rotatable bonds is 9. The van der Waals surface area contributed by atoms with Crippen LogP contribution in [0, 0.1) is 0 Å². The van der Waals surface area contributed by atoms with Gasteiger partial charge in [0.15, 0.2) is 0 Å². The zero-order valence-electron chi connectivity index (χ0n) is 14.5. The van der Waals surface area contributed by atoms with Crippen LogP contribution in [0.5, 0.6) is 0 Å². The first-order chi connectivity index (χ1) is 12.1. The van der Waals surface area contributed by atoms with E-state index in [4.69, 9.17) is 9.84 Å². The molecular formula is C17H23NO8. The van der Waals surface area contributed by atoms with Crippen molar-refractivity contribution in [2.24, 2.45) is 0 Å². The first-order valence-corrected chi connectivity index (χ1v) is 7.94. The highest BCUT2D eigenvalue weighted by Crippen LogP contribution is 2.21. The molecule has 1 rings (SSSR count). The molecule has 0 bridgehead atoms. The maximum atomic E-state index is 12.1. The minimum Gasteiger partial charge on any atom is -0.481 e. The summed E-state index contributed by atoms with van der Waals surface area (Å²) in [4.78, 5) is 34.3. The number of nitrogens with one attached hydrogen (secondary N) is 1. The lowest BCUT2D eigenvalue weighted by atomic mass is 9.92. The molecule has 0 aliphatic heterocycles. The Bertz CT molecular complexity index is 648. The van der Waals surface area contributed by atoms with E-state index in [9.17, 15) is 29.7 Å². The zero-order valence-corrected chi connectivity index (χ0v) is 14.5. The van der Waals surface area contributed by atoms with Gasteiger partial charge in [0, 0.05) is 17.7 Å². The van der Waals surface area contributed by atoms with Crippen molar-refractivity contribution in [1.29, 1.82) is 0 Å². The third-order valence-electron chi connectivity index (χ3n) is 3.82. The summed E-state index contributed by atoms with van der Waals surface area (Å²) >= 11 is 0. The second kappa shape index (κ2) is 9.27. The summed E-state index contributed by atoms with van der Waals surface area (Å²) in [5, 5.41) is 40.4. The van der Waals surface area contributed by atoms with Crippen LogP contribution in [-0.4, -0.2) is 56.1 Å². The summed E-state index contributed by atoms with van der Waals surface area (Å²) in [5.74, 6) is -2.83. The molecule has 0 saturated heterocycles. The maximum absolute atomic E-state index is 12.1. The molecule has 3 atom stereocenters. The van der Waals surface area contributed by atoms with E-state index in [1.165, 1.54) is 6.07 Å². The molecule has 0 radical (unpaired) electrons. The summed E-state index contributed by atoms with van der Waals surface area (Å²) in [6.07, 6.45) is -3.67. The topological polar surface area (TPSA) is 153 Å². The number of benzene rings is 1. The molecule has 1 aromatic carbocycles. The fraction of sp³-hybridized carbons (Fsp3) is 0.471. The molecule has 0 saturated carbocycles. The van der Waals surface area contributed by atoms with Crippen molar-refractivity contribution in [3.63, 3.8) is 0 Å². The Balaban J connectivity index is 2.81. The molecule has 1 aromatic rings. The summed E-state index contributed by atoms with van der Waals surface area (Å²) in [5.41, 5.74) is -1.78. The summed E-state index contributed by atoms with van der Waals surface area (Å²) < 4.78 is 4.98. The first-order valence-electron chi connectivity index (χ1n) is 7.94. The lowest BCUT2D eigenvalue weighted by Crippen LogP contribution is -2.56. The van der Waals surface area contributed by atoms with Gasteiger partial charge in [-0.05, 0) is 19.9 Å². The van der Waals surface area contributed by atoms with Gasteiger partial charge in [-0.2, -0.15) is 0 Å². The van der Waals surface area contributed by atoms with E-state index in [2.05, 4.69) is 5.32 Å². The Morgan fingerprint density at radius 1 is 1.12 bits per heavy atom. The fourth-order valence-corrected chi connectivity index (χ4v) is 2.15. The van der Waals surface area contributed by atoms with Gasteiger partial charge in [-0.3, -0.25) is 9.59 Å². The number of hydrogen-bond donors (Lipinski definition) is 5. The molecule has 5 N–H and O–H groups in total. The molecule has 9 nitrogen and oxygen atoms in total. The number of esters is 1. The fourth-order valence-electron chi connectivity index (χ4n) is 2.15. The number of carboxylic acid groups (broad SMARTS) is 1. The lowest BCUT2D eigenvalue weighted by Gasteiger charge is -2.31. The lowest BCUT2D eigenvalue weighted by molar-refractivity contribution is -0.194. The van der Waals surface area contributed by atoms with E-state index in [0.29, 0.717) is 11.3 Å². The van der Waals surface area contributed by atoms with E-state index >= 15 is 0 Å². The number of carbonyl (C=O) groups excluding carboxylic acids is 2. The number of aliphatic carboxylic acids is 1. The molecule has 9 heteroatoms. The number of anilines is 1. The largest absolute Gasteiger partial charge is 0.481 e. The molecular weight excluding hydrogens is 346 g/mol. The normalized spacial score (nSPS) is 15.4. The highest BCUT2D eigenvalue weighted by Gasteiger charge is 2.47. The molecule has 0 aliphatic rings. The number of carbonyl (C=O) groups is 3. The minimum atomic E-state index is -2.49. The summed E-state index contributed by atoms with van der Waals surface area (Å²) in [6.45, 7) is 1.95. The number of carboxylic acids is 1.